The van der Waals surface area contributed by atoms with Gasteiger partial charge in [0, 0.05) is 12.3 Å². The molecule has 3 nitrogen and oxygen atoms in total. The molecule has 3 heteroatoms. The van der Waals surface area contributed by atoms with Crippen molar-refractivity contribution < 1.29 is 9.59 Å². The number of hydrogen-bond donors (Lipinski definition) is 1. The fourth-order valence-corrected chi connectivity index (χ4v) is 0.874. The molecule has 0 aliphatic rings. The molecule has 0 radical (unpaired) electrons. The predicted octanol–water partition coefficient (Wildman–Crippen LogP) is 4.11. The number of allylic oxidation sites excluding steroid dienone is 1. The molecule has 0 aliphatic carbocycles. The van der Waals surface area contributed by atoms with E-state index in [0.717, 1.165) is 11.9 Å². The molecule has 0 saturated carbocycles. The van der Waals surface area contributed by atoms with Crippen LogP contribution in [0.15, 0.2) is 12.2 Å². The van der Waals surface area contributed by atoms with Gasteiger partial charge in [-0.25, -0.2) is 0 Å². The molecule has 1 atom stereocenters. The van der Waals surface area contributed by atoms with Crippen LogP contribution >= 0.6 is 0 Å². The molecular weight excluding hydrogens is 226 g/mol. The largest absolute Gasteiger partial charge is 0.370 e. The minimum Gasteiger partial charge on any atom is -0.370 e. The van der Waals surface area contributed by atoms with Gasteiger partial charge in [0.15, 0.2) is 0 Å². The van der Waals surface area contributed by atoms with E-state index >= 15 is 0 Å². The Morgan fingerprint density at radius 2 is 1.50 bits per heavy atom. The molecule has 0 bridgehead atoms. The van der Waals surface area contributed by atoms with Crippen LogP contribution in [0.25, 0.3) is 0 Å². The van der Waals surface area contributed by atoms with E-state index in [4.69, 9.17) is 5.73 Å². The normalized spacial score (nSPS) is 9.06. The van der Waals surface area contributed by atoms with Gasteiger partial charge in [0.1, 0.15) is 6.29 Å². The maximum Gasteiger partial charge on any atom is 0.218 e. The Labute approximate surface area is 114 Å². The average molecular weight is 259 g/mol. The third-order valence-electron chi connectivity index (χ3n) is 1.27. The van der Waals surface area contributed by atoms with Gasteiger partial charge in [-0.3, -0.25) is 4.79 Å². The number of carbonyl (C=O) groups excluding carboxylic acids is 2. The van der Waals surface area contributed by atoms with E-state index in [0.29, 0.717) is 6.42 Å². The molecule has 0 rings (SSSR count). The van der Waals surface area contributed by atoms with Gasteiger partial charge in [-0.05, 0) is 13.3 Å². The van der Waals surface area contributed by atoms with Crippen molar-refractivity contribution in [1.29, 1.82) is 0 Å². The van der Waals surface area contributed by atoms with Gasteiger partial charge < -0.3 is 10.5 Å². The zero-order valence-electron chi connectivity index (χ0n) is 13.4. The first kappa shape index (κ1) is 25.7. The lowest BCUT2D eigenvalue weighted by atomic mass is 9.99. The van der Waals surface area contributed by atoms with Crippen LogP contribution in [0.1, 0.15) is 67.7 Å². The minimum absolute atomic E-state index is 0.121. The highest BCUT2D eigenvalue weighted by atomic mass is 16.1. The van der Waals surface area contributed by atoms with Gasteiger partial charge >= 0.3 is 0 Å². The summed E-state index contributed by atoms with van der Waals surface area (Å²) < 4.78 is 0. The Bertz CT molecular complexity index is 173. The van der Waals surface area contributed by atoms with Crippen LogP contribution < -0.4 is 5.73 Å². The highest BCUT2D eigenvalue weighted by molar-refractivity contribution is 5.77. The van der Waals surface area contributed by atoms with E-state index in [1.165, 1.54) is 6.42 Å². The number of primary amides is 1. The third kappa shape index (κ3) is 36.4. The van der Waals surface area contributed by atoms with Crippen molar-refractivity contribution in [3.63, 3.8) is 0 Å². The standard InChI is InChI=1S/C8H13NO2.C3H8.2C2H6/c1-6(2)3-7(5-10)4-8(9)11;1-3-2;2*1-2/h5,7H,1,3-4H2,2H3,(H2,9,11);3H2,1-2H3;2*1-2H3. The fourth-order valence-electron chi connectivity index (χ4n) is 0.874. The third-order valence-corrected chi connectivity index (χ3v) is 1.27. The first-order valence-electron chi connectivity index (χ1n) is 6.85. The van der Waals surface area contributed by atoms with Gasteiger partial charge in [-0.15, -0.1) is 6.58 Å². The van der Waals surface area contributed by atoms with Crippen LogP contribution in [0.4, 0.5) is 0 Å². The van der Waals surface area contributed by atoms with E-state index in [2.05, 4.69) is 20.4 Å². The van der Waals surface area contributed by atoms with E-state index in [1.54, 1.807) is 0 Å². The zero-order valence-corrected chi connectivity index (χ0v) is 13.4. The Morgan fingerprint density at radius 1 is 1.17 bits per heavy atom. The predicted molar refractivity (Wildman–Crippen MR) is 81.5 cm³/mol. The highest BCUT2D eigenvalue weighted by Crippen LogP contribution is 2.10. The smallest absolute Gasteiger partial charge is 0.218 e. The van der Waals surface area contributed by atoms with Gasteiger partial charge in [-0.1, -0.05) is 53.5 Å². The second-order valence-corrected chi connectivity index (χ2v) is 3.43. The number of carbonyl (C=O) groups is 2. The summed E-state index contributed by atoms with van der Waals surface area (Å²) in [5.74, 6) is -0.728. The van der Waals surface area contributed by atoms with Crippen LogP contribution in [0, 0.1) is 5.92 Å². The van der Waals surface area contributed by atoms with Crippen molar-refractivity contribution in [2.75, 3.05) is 0 Å². The van der Waals surface area contributed by atoms with E-state index in [-0.39, 0.29) is 12.3 Å². The quantitative estimate of drug-likeness (QED) is 0.596. The summed E-state index contributed by atoms with van der Waals surface area (Å²) in [6.07, 6.45) is 2.67. The summed E-state index contributed by atoms with van der Waals surface area (Å²) in [4.78, 5) is 20.7. The lowest BCUT2D eigenvalue weighted by molar-refractivity contribution is -0.121. The minimum atomic E-state index is -0.441. The lowest BCUT2D eigenvalue weighted by Crippen LogP contribution is -2.17. The van der Waals surface area contributed by atoms with Crippen molar-refractivity contribution in [2.45, 2.75) is 67.7 Å². The maximum atomic E-state index is 10.4. The van der Waals surface area contributed by atoms with Gasteiger partial charge in [0.2, 0.25) is 5.91 Å². The molecule has 0 aromatic carbocycles. The SMILES string of the molecule is C=C(C)CC(C=O)CC(N)=O.CC.CC.CCC. The van der Waals surface area contributed by atoms with Gasteiger partial charge in [-0.2, -0.15) is 0 Å². The summed E-state index contributed by atoms with van der Waals surface area (Å²) in [5.41, 5.74) is 5.81. The van der Waals surface area contributed by atoms with Crippen LogP contribution in [0.3, 0.4) is 0 Å². The number of rotatable bonds is 5. The molecule has 2 N–H and O–H groups in total. The van der Waals surface area contributed by atoms with E-state index in [9.17, 15) is 9.59 Å². The lowest BCUT2D eigenvalue weighted by Gasteiger charge is -2.05. The number of aldehydes is 1. The van der Waals surface area contributed by atoms with Crippen molar-refractivity contribution in [3.8, 4) is 0 Å². The summed E-state index contributed by atoms with van der Waals surface area (Å²) in [7, 11) is 0. The van der Waals surface area contributed by atoms with Crippen LogP contribution in [0.5, 0.6) is 0 Å². The summed E-state index contributed by atoms with van der Waals surface area (Å²) in [6.45, 7) is 17.7. The van der Waals surface area contributed by atoms with E-state index in [1.807, 2.05) is 34.6 Å². The molecular formula is C15H33NO2. The average Bonchev–Trinajstić information content (AvgIpc) is 2.33. The summed E-state index contributed by atoms with van der Waals surface area (Å²) in [6, 6.07) is 0. The highest BCUT2D eigenvalue weighted by Gasteiger charge is 2.09. The molecule has 18 heavy (non-hydrogen) atoms. The molecule has 1 unspecified atom stereocenters. The molecule has 0 spiro atoms. The molecule has 0 heterocycles. The molecule has 1 amide bonds. The Hall–Kier alpha value is -1.12. The maximum absolute atomic E-state index is 10.4. The summed E-state index contributed by atoms with van der Waals surface area (Å²) in [5, 5.41) is 0. The first-order chi connectivity index (χ1) is 8.47. The topological polar surface area (TPSA) is 60.2 Å². The van der Waals surface area contributed by atoms with Crippen molar-refractivity contribution >= 4 is 12.2 Å². The van der Waals surface area contributed by atoms with Gasteiger partial charge in [0.25, 0.3) is 0 Å². The van der Waals surface area contributed by atoms with Crippen molar-refractivity contribution in [2.24, 2.45) is 11.7 Å². The Morgan fingerprint density at radius 3 is 1.67 bits per heavy atom. The van der Waals surface area contributed by atoms with Crippen LogP contribution in [-0.2, 0) is 9.59 Å². The Balaban J connectivity index is -0.000000118. The molecule has 110 valence electrons. The van der Waals surface area contributed by atoms with Gasteiger partial charge in [0.05, 0.1) is 0 Å². The monoisotopic (exact) mass is 259 g/mol. The molecule has 0 aromatic rings. The number of hydrogen-bond acceptors (Lipinski definition) is 2. The fraction of sp³-hybridized carbons (Fsp3) is 0.733. The number of nitrogens with two attached hydrogens (primary N) is 1. The molecule has 0 aliphatic heterocycles. The van der Waals surface area contributed by atoms with Crippen molar-refractivity contribution in [1.82, 2.24) is 0 Å². The Kier molecular flexibility index (Phi) is 35.5. The molecule has 0 fully saturated rings. The van der Waals surface area contributed by atoms with E-state index < -0.39 is 5.91 Å². The second-order valence-electron chi connectivity index (χ2n) is 3.43. The number of amides is 1. The van der Waals surface area contributed by atoms with Crippen molar-refractivity contribution in [3.05, 3.63) is 12.2 Å². The first-order valence-corrected chi connectivity index (χ1v) is 6.85. The molecule has 0 aromatic heterocycles. The van der Waals surface area contributed by atoms with Crippen LogP contribution in [0.2, 0.25) is 0 Å². The van der Waals surface area contributed by atoms with Crippen LogP contribution in [-0.4, -0.2) is 12.2 Å². The summed E-state index contributed by atoms with van der Waals surface area (Å²) >= 11 is 0. The second kappa shape index (κ2) is 24.9. The zero-order chi connectivity index (χ0) is 15.6. The molecule has 0 saturated heterocycles.